The van der Waals surface area contributed by atoms with E-state index in [0.717, 1.165) is 107 Å². The minimum absolute atomic E-state index is 0.0188. The van der Waals surface area contributed by atoms with E-state index in [2.05, 4.69) is 76.1 Å². The van der Waals surface area contributed by atoms with E-state index in [1.165, 1.54) is 45.3 Å². The summed E-state index contributed by atoms with van der Waals surface area (Å²) in [6, 6.07) is 24.6. The van der Waals surface area contributed by atoms with Crippen molar-refractivity contribution >= 4 is 112 Å². The molecule has 0 fully saturated rings. The number of sulfone groups is 1. The van der Waals surface area contributed by atoms with Gasteiger partial charge in [0.05, 0.1) is 33.6 Å². The highest BCUT2D eigenvalue weighted by Gasteiger charge is 2.25. The van der Waals surface area contributed by atoms with Gasteiger partial charge in [0.25, 0.3) is 22.7 Å². The van der Waals surface area contributed by atoms with Crippen LogP contribution in [0.3, 0.4) is 0 Å². The molecule has 0 unspecified atom stereocenters. The van der Waals surface area contributed by atoms with Gasteiger partial charge in [0.2, 0.25) is 32.2 Å². The number of carbonyl (C=O) groups excluding carboxylic acids is 2. The van der Waals surface area contributed by atoms with E-state index >= 15 is 0 Å². The zero-order valence-electron chi connectivity index (χ0n) is 61.8. The van der Waals surface area contributed by atoms with Gasteiger partial charge in [-0.3, -0.25) is 38.7 Å². The van der Waals surface area contributed by atoms with Crippen LogP contribution in [-0.2, 0) is 105 Å². The van der Waals surface area contributed by atoms with Crippen molar-refractivity contribution < 1.29 is 26.4 Å². The molecule has 12 aromatic rings. The molecule has 34 heteroatoms. The Hall–Kier alpha value is -9.93. The number of imidazole rings is 2. The minimum Gasteiger partial charge on any atom is -0.326 e. The molecule has 2 amide bonds. The van der Waals surface area contributed by atoms with E-state index in [1.54, 1.807) is 60.6 Å². The van der Waals surface area contributed by atoms with Crippen LogP contribution >= 0.6 is 35.1 Å². The van der Waals surface area contributed by atoms with Gasteiger partial charge in [0.1, 0.15) is 11.6 Å². The quantitative estimate of drug-likeness (QED) is 0.0229. The maximum atomic E-state index is 13.2. The monoisotopic (exact) mass is 1580 g/mol. The number of hydrogen-bond donors (Lipinski definition) is 6. The molecule has 0 aliphatic carbocycles. The summed E-state index contributed by atoms with van der Waals surface area (Å²) in [5, 5.41) is 16.1. The first kappa shape index (κ1) is 78.6. The third-order valence-electron chi connectivity index (χ3n) is 19.3. The van der Waals surface area contributed by atoms with E-state index in [0.29, 0.717) is 124 Å². The Morgan fingerprint density at radius 1 is 0.532 bits per heavy atom. The van der Waals surface area contributed by atoms with Gasteiger partial charge in [-0.15, -0.1) is 21.8 Å². The van der Waals surface area contributed by atoms with Crippen LogP contribution in [-0.4, -0.2) is 112 Å². The maximum absolute atomic E-state index is 13.2. The number of nitrogens with one attached hydrogen (secondary N) is 6. The lowest BCUT2D eigenvalue weighted by Crippen LogP contribution is -2.31. The molecule has 4 aromatic carbocycles. The normalized spacial score (nSPS) is 13.2. The van der Waals surface area contributed by atoms with Crippen molar-refractivity contribution in [1.82, 2.24) is 82.5 Å². The summed E-state index contributed by atoms with van der Waals surface area (Å²) in [6.07, 6.45) is 10.3. The fourth-order valence-electron chi connectivity index (χ4n) is 13.4. The molecule has 0 saturated carbocycles. The molecule has 14 rings (SSSR count). The fraction of sp³-hybridized carbons (Fsp3) is 0.387. The second-order valence-corrected chi connectivity index (χ2v) is 32.8. The van der Waals surface area contributed by atoms with E-state index in [9.17, 15) is 45.6 Å². The number of H-pyrrole nitrogens is 3. The number of benzene rings is 4. The van der Waals surface area contributed by atoms with Crippen molar-refractivity contribution in [2.24, 2.45) is 0 Å². The number of aromatic nitrogens is 16. The van der Waals surface area contributed by atoms with Gasteiger partial charge in [-0.1, -0.05) is 98.7 Å². The highest BCUT2D eigenvalue weighted by atomic mass is 35.5. The van der Waals surface area contributed by atoms with E-state index < -0.39 is 42.4 Å². The number of aryl methyl sites for hydroxylation is 9. The predicted octanol–water partition coefficient (Wildman–Crippen LogP) is 10.2. The zero-order chi connectivity index (χ0) is 77.4. The average Bonchev–Trinajstić information content (AvgIpc) is 1.65. The van der Waals surface area contributed by atoms with E-state index in [4.69, 9.17) is 26.7 Å². The van der Waals surface area contributed by atoms with Crippen LogP contribution in [0.2, 0.25) is 0 Å². The van der Waals surface area contributed by atoms with Crippen LogP contribution in [0.4, 0.5) is 11.4 Å². The summed E-state index contributed by atoms with van der Waals surface area (Å²) in [4.78, 5) is 109. The SMILES string of the molecule is CCCCc1c(C)nc2nc(SCc3nc4[nH]c(=O)[nH]c(=O)c4n3CC)nn2c1C.CCCCc1c(C)nc2nc(SCc3nc4c(c(=O)[nH]c(=O)n4Cc4ccc(CNS(=O)(=O)c5ccc6c(c5)CCCC(=O)N6)cc4)n3CC)nn2c1C.O=C1CCCc2cc(S(=O)(=O)CCc3ccc(CCl)cc3)ccc2N1. The molecule has 572 valence electrons. The topological polar surface area (TPSA) is 381 Å². The molecule has 2 aliphatic rings. The number of hydrogen-bond acceptors (Lipinski definition) is 20. The summed E-state index contributed by atoms with van der Waals surface area (Å²) >= 11 is 8.57. The smallest absolute Gasteiger partial charge is 0.326 e. The summed E-state index contributed by atoms with van der Waals surface area (Å²) < 4.78 is 62.9. The van der Waals surface area contributed by atoms with Gasteiger partial charge in [0.15, 0.2) is 32.2 Å². The Morgan fingerprint density at radius 2 is 1.04 bits per heavy atom. The molecule has 0 saturated heterocycles. The molecule has 2 aliphatic heterocycles. The number of unbranched alkanes of at least 4 members (excludes halogenated alkanes) is 2. The van der Waals surface area contributed by atoms with Crippen LogP contribution in [0.15, 0.2) is 124 Å². The average molecular weight is 1580 g/mol. The number of thioether (sulfide) groups is 2. The second-order valence-electron chi connectivity index (χ2n) is 26.8. The number of nitrogens with zero attached hydrogens (tertiary/aromatic N) is 13. The van der Waals surface area contributed by atoms with Gasteiger partial charge in [0, 0.05) is 72.5 Å². The van der Waals surface area contributed by atoms with Crippen molar-refractivity contribution in [3.63, 3.8) is 0 Å². The Labute approximate surface area is 641 Å². The second kappa shape index (κ2) is 34.3. The molecule has 0 bridgehead atoms. The number of carbonyl (C=O) groups is 2. The lowest BCUT2D eigenvalue weighted by molar-refractivity contribution is -0.117. The number of anilines is 2. The Balaban J connectivity index is 0.000000169. The highest BCUT2D eigenvalue weighted by Crippen LogP contribution is 2.30. The molecule has 8 aromatic heterocycles. The number of fused-ring (bicyclic) bond motifs is 6. The summed E-state index contributed by atoms with van der Waals surface area (Å²) in [5.41, 5.74) is 12.1. The van der Waals surface area contributed by atoms with Gasteiger partial charge in [-0.25, -0.2) is 60.1 Å². The molecule has 29 nitrogen and oxygen atoms in total. The molecular weight excluding hydrogens is 1490 g/mol. The zero-order valence-corrected chi connectivity index (χ0v) is 65.9. The predicted molar refractivity (Wildman–Crippen MR) is 421 cm³/mol. The van der Waals surface area contributed by atoms with Crippen LogP contribution in [0.25, 0.3) is 33.9 Å². The van der Waals surface area contributed by atoms with E-state index in [-0.39, 0.29) is 46.8 Å². The van der Waals surface area contributed by atoms with Crippen LogP contribution < -0.4 is 37.9 Å². The van der Waals surface area contributed by atoms with Crippen molar-refractivity contribution in [3.8, 4) is 0 Å². The van der Waals surface area contributed by atoms with E-state index in [1.807, 2.05) is 71.0 Å². The molecule has 6 N–H and O–H groups in total. The number of aromatic amines is 3. The first-order chi connectivity index (χ1) is 52.3. The highest BCUT2D eigenvalue weighted by molar-refractivity contribution is 7.98. The Morgan fingerprint density at radius 3 is 1.59 bits per heavy atom. The maximum Gasteiger partial charge on any atom is 0.330 e. The van der Waals surface area contributed by atoms with Crippen LogP contribution in [0.1, 0.15) is 158 Å². The lowest BCUT2D eigenvalue weighted by atomic mass is 10.1. The van der Waals surface area contributed by atoms with Gasteiger partial charge >= 0.3 is 11.4 Å². The number of alkyl halides is 1. The molecule has 0 radical (unpaired) electrons. The third kappa shape index (κ3) is 18.0. The lowest BCUT2D eigenvalue weighted by Gasteiger charge is -2.12. The first-order valence-electron chi connectivity index (χ1n) is 36.3. The van der Waals surface area contributed by atoms with Crippen molar-refractivity contribution in [2.75, 3.05) is 16.4 Å². The number of sulfonamides is 1. The van der Waals surface area contributed by atoms with Gasteiger partial charge in [-0.05, 0) is 180 Å². The van der Waals surface area contributed by atoms with Crippen molar-refractivity contribution in [1.29, 1.82) is 0 Å². The van der Waals surface area contributed by atoms with Crippen molar-refractivity contribution in [3.05, 3.63) is 206 Å². The van der Waals surface area contributed by atoms with Gasteiger partial charge in [-0.2, -0.15) is 9.97 Å². The standard InChI is InChI=1S/C37H42N10O5S2.C19H20ClNO3S.C19H24N8O2S/c1-5-7-10-28-22(3)39-35-43-36(44-47(35)23(28)4)53-21-30-41-33-32(45(30)6-2)34(49)42-37(50)46(33)20-25-14-12-24(13-15-25)19-38-54(51,52)27-16-17-29-26(18-27)9-8-11-31(48)40-29;20-13-15-6-4-14(5-7-15)10-11-25(23,24)17-8-9-18-16(12-17)2-1-3-19(22)21-18;1-5-7-8-12-10(3)20-17-24-19(25-27(17)11(12)4)30-9-13-21-15-14(26(13)6-2)16(28)23-18(29)22-15/h12-18,38H,5-11,19-21H2,1-4H3,(H,40,48)(H,42,49,50);4-9,12H,1-3,10-11,13H2,(H,21,22);5-9H2,1-4H3,(H2,22,23,28,29). The Kier molecular flexibility index (Phi) is 24.8. The summed E-state index contributed by atoms with van der Waals surface area (Å²) in [6.45, 7) is 17.5. The number of halogens is 1. The first-order valence-corrected chi connectivity index (χ1v) is 41.9. The summed E-state index contributed by atoms with van der Waals surface area (Å²) in [7, 11) is -7.19. The fourth-order valence-corrected chi connectivity index (χ4v) is 17.5. The van der Waals surface area contributed by atoms with Crippen molar-refractivity contribution in [2.45, 2.75) is 203 Å². The van der Waals surface area contributed by atoms with Gasteiger partial charge < -0.3 is 19.8 Å². The Bertz CT molecular complexity index is 5920. The molecule has 0 spiro atoms. The third-order valence-corrected chi connectivity index (χ3v) is 24.4. The summed E-state index contributed by atoms with van der Waals surface area (Å²) in [5.74, 6) is 3.62. The molecule has 109 heavy (non-hydrogen) atoms. The minimum atomic E-state index is -3.82. The van der Waals surface area contributed by atoms with Crippen LogP contribution in [0.5, 0.6) is 0 Å². The molecule has 0 atom stereocenters. The van der Waals surface area contributed by atoms with Crippen LogP contribution in [0, 0.1) is 27.7 Å². The molecule has 10 heterocycles. The number of amides is 2. The largest absolute Gasteiger partial charge is 0.330 e. The number of rotatable bonds is 25. The molecular formula is C75H86ClN19O10S4.